The number of aromatic nitrogens is 1. The summed E-state index contributed by atoms with van der Waals surface area (Å²) in [5, 5.41) is 0.447. The van der Waals surface area contributed by atoms with E-state index in [0.29, 0.717) is 37.9 Å². The van der Waals surface area contributed by atoms with Crippen molar-refractivity contribution >= 4 is 20.9 Å². The fourth-order valence-corrected chi connectivity index (χ4v) is 5.73. The fraction of sp³-hybridized carbons (Fsp3) is 0.526. The third-order valence-corrected chi connectivity index (χ3v) is 7.62. The van der Waals surface area contributed by atoms with Gasteiger partial charge in [0.25, 0.3) is 0 Å². The van der Waals surface area contributed by atoms with E-state index in [2.05, 4.69) is 0 Å². The zero-order valence-corrected chi connectivity index (χ0v) is 15.8. The molecule has 1 aromatic carbocycles. The van der Waals surface area contributed by atoms with Crippen molar-refractivity contribution in [2.24, 2.45) is 0 Å². The molecule has 4 rings (SSSR count). The van der Waals surface area contributed by atoms with Crippen molar-refractivity contribution in [1.82, 2.24) is 8.87 Å². The summed E-state index contributed by atoms with van der Waals surface area (Å²) in [7, 11) is -3.82. The molecule has 0 bridgehead atoms. The highest BCUT2D eigenvalue weighted by molar-refractivity contribution is 7.89. The highest BCUT2D eigenvalue weighted by atomic mass is 32.2. The van der Waals surface area contributed by atoms with Crippen LogP contribution in [0.2, 0.25) is 0 Å². The molecule has 7 heteroatoms. The van der Waals surface area contributed by atoms with Crippen LogP contribution in [0.15, 0.2) is 40.2 Å². The molecule has 0 saturated carbocycles. The van der Waals surface area contributed by atoms with Gasteiger partial charge in [0.1, 0.15) is 4.90 Å². The quantitative estimate of drug-likeness (QED) is 0.825. The predicted molar refractivity (Wildman–Crippen MR) is 99.8 cm³/mol. The molecule has 26 heavy (non-hydrogen) atoms. The molecule has 0 atom stereocenters. The average molecular weight is 376 g/mol. The largest absolute Gasteiger partial charge is 0.375 e. The Morgan fingerprint density at radius 3 is 2.54 bits per heavy atom. The van der Waals surface area contributed by atoms with Gasteiger partial charge < -0.3 is 9.30 Å². The number of ether oxygens (including phenoxy) is 1. The fourth-order valence-electron chi connectivity index (χ4n) is 4.19. The number of para-hydroxylation sites is 1. The Balaban J connectivity index is 1.72. The van der Waals surface area contributed by atoms with Crippen molar-refractivity contribution in [2.45, 2.75) is 49.6 Å². The van der Waals surface area contributed by atoms with Gasteiger partial charge in [-0.25, -0.2) is 8.42 Å². The van der Waals surface area contributed by atoms with E-state index < -0.39 is 15.5 Å². The summed E-state index contributed by atoms with van der Waals surface area (Å²) < 4.78 is 35.5. The molecular weight excluding hydrogens is 352 g/mol. The van der Waals surface area contributed by atoms with E-state index in [-0.39, 0.29) is 10.5 Å². The highest BCUT2D eigenvalue weighted by Gasteiger charge is 2.42. The maximum absolute atomic E-state index is 13.2. The van der Waals surface area contributed by atoms with Gasteiger partial charge in [0, 0.05) is 37.8 Å². The van der Waals surface area contributed by atoms with Crippen LogP contribution in [-0.2, 0) is 21.3 Å². The predicted octanol–water partition coefficient (Wildman–Crippen LogP) is 2.36. The lowest BCUT2D eigenvalue weighted by molar-refractivity contribution is -0.0309. The lowest BCUT2D eigenvalue weighted by Gasteiger charge is -2.37. The number of pyridine rings is 1. The molecule has 140 valence electrons. The molecule has 2 aliphatic rings. The molecule has 3 heterocycles. The van der Waals surface area contributed by atoms with Gasteiger partial charge >= 0.3 is 0 Å². The minimum absolute atomic E-state index is 0.124. The number of piperidine rings is 1. The molecule has 6 nitrogen and oxygen atoms in total. The zero-order chi connectivity index (χ0) is 18.4. The van der Waals surface area contributed by atoms with Crippen LogP contribution in [0.3, 0.4) is 0 Å². The number of sulfonamides is 1. The Hall–Kier alpha value is -1.70. The first-order valence-electron chi connectivity index (χ1n) is 9.23. The summed E-state index contributed by atoms with van der Waals surface area (Å²) in [6.45, 7) is 4.11. The van der Waals surface area contributed by atoms with Crippen molar-refractivity contribution in [2.75, 3.05) is 19.7 Å². The minimum Gasteiger partial charge on any atom is -0.375 e. The average Bonchev–Trinajstić information content (AvgIpc) is 3.10. The van der Waals surface area contributed by atoms with Crippen LogP contribution in [0.5, 0.6) is 0 Å². The molecule has 2 fully saturated rings. The molecule has 2 aliphatic heterocycles. The third-order valence-electron chi connectivity index (χ3n) is 5.73. The van der Waals surface area contributed by atoms with Crippen LogP contribution in [0.25, 0.3) is 10.9 Å². The van der Waals surface area contributed by atoms with Gasteiger partial charge in [-0.15, -0.1) is 0 Å². The SMILES string of the molecule is CCn1cc(S(=O)(=O)N2CCC3(CCCO3)CC2)c(=O)c2ccccc21. The smallest absolute Gasteiger partial charge is 0.248 e. The number of aryl methyl sites for hydroxylation is 1. The summed E-state index contributed by atoms with van der Waals surface area (Å²) >= 11 is 0. The topological polar surface area (TPSA) is 68.6 Å². The van der Waals surface area contributed by atoms with Crippen LogP contribution in [0, 0.1) is 0 Å². The number of rotatable bonds is 3. The van der Waals surface area contributed by atoms with E-state index in [1.165, 1.54) is 10.5 Å². The van der Waals surface area contributed by atoms with E-state index in [1.54, 1.807) is 12.1 Å². The summed E-state index contributed by atoms with van der Waals surface area (Å²) in [4.78, 5) is 12.8. The Morgan fingerprint density at radius 1 is 1.15 bits per heavy atom. The highest BCUT2D eigenvalue weighted by Crippen LogP contribution is 2.36. The lowest BCUT2D eigenvalue weighted by Crippen LogP contribution is -2.47. The van der Waals surface area contributed by atoms with E-state index in [0.717, 1.165) is 25.0 Å². The zero-order valence-electron chi connectivity index (χ0n) is 15.0. The number of fused-ring (bicyclic) bond motifs is 1. The van der Waals surface area contributed by atoms with Crippen LogP contribution in [0.4, 0.5) is 0 Å². The second kappa shape index (κ2) is 6.48. The molecule has 1 spiro atoms. The maximum atomic E-state index is 13.2. The van der Waals surface area contributed by atoms with E-state index in [4.69, 9.17) is 4.74 Å². The van der Waals surface area contributed by atoms with Crippen LogP contribution in [0.1, 0.15) is 32.6 Å². The Morgan fingerprint density at radius 2 is 1.88 bits per heavy atom. The lowest BCUT2D eigenvalue weighted by atomic mass is 9.90. The van der Waals surface area contributed by atoms with Crippen molar-refractivity contribution in [1.29, 1.82) is 0 Å². The van der Waals surface area contributed by atoms with Gasteiger partial charge in [0.15, 0.2) is 0 Å². The second-order valence-corrected chi connectivity index (χ2v) is 9.07. The summed E-state index contributed by atoms with van der Waals surface area (Å²) in [6.07, 6.45) is 4.93. The Kier molecular flexibility index (Phi) is 4.41. The first-order valence-corrected chi connectivity index (χ1v) is 10.7. The Labute approximate surface area is 153 Å². The third kappa shape index (κ3) is 2.78. The Bertz CT molecular complexity index is 980. The van der Waals surface area contributed by atoms with Crippen molar-refractivity contribution in [3.8, 4) is 0 Å². The summed E-state index contributed by atoms with van der Waals surface area (Å²) in [5.74, 6) is 0. The summed E-state index contributed by atoms with van der Waals surface area (Å²) in [5.41, 5.74) is 0.192. The van der Waals surface area contributed by atoms with Crippen molar-refractivity contribution in [3.05, 3.63) is 40.7 Å². The van der Waals surface area contributed by atoms with Gasteiger partial charge in [0.05, 0.1) is 11.1 Å². The molecule has 2 saturated heterocycles. The monoisotopic (exact) mass is 376 g/mol. The molecule has 0 amide bonds. The standard InChI is InChI=1S/C19H24N2O4S/c1-2-20-14-17(18(22)15-6-3-4-7-16(15)20)26(23,24)21-11-9-19(10-12-21)8-5-13-25-19/h3-4,6-7,14H,2,5,8-13H2,1H3. The van der Waals surface area contributed by atoms with Gasteiger partial charge in [-0.2, -0.15) is 4.31 Å². The molecule has 0 N–H and O–H groups in total. The van der Waals surface area contributed by atoms with Gasteiger partial charge in [-0.3, -0.25) is 4.79 Å². The van der Waals surface area contributed by atoms with Crippen molar-refractivity contribution in [3.63, 3.8) is 0 Å². The van der Waals surface area contributed by atoms with Crippen molar-refractivity contribution < 1.29 is 13.2 Å². The first-order chi connectivity index (χ1) is 12.5. The minimum atomic E-state index is -3.82. The number of nitrogens with zero attached hydrogens (tertiary/aromatic N) is 2. The molecule has 0 unspecified atom stereocenters. The number of hydrogen-bond donors (Lipinski definition) is 0. The second-order valence-electron chi connectivity index (χ2n) is 7.16. The maximum Gasteiger partial charge on any atom is 0.248 e. The van der Waals surface area contributed by atoms with Crippen LogP contribution < -0.4 is 5.43 Å². The number of hydrogen-bond acceptors (Lipinski definition) is 4. The van der Waals surface area contributed by atoms with Gasteiger partial charge in [-0.05, 0) is 44.7 Å². The molecule has 0 aliphatic carbocycles. The summed E-state index contributed by atoms with van der Waals surface area (Å²) in [6, 6.07) is 7.16. The van der Waals surface area contributed by atoms with Crippen LogP contribution in [-0.4, -0.2) is 42.6 Å². The van der Waals surface area contributed by atoms with Gasteiger partial charge in [-0.1, -0.05) is 12.1 Å². The normalized spacial score (nSPS) is 20.8. The molecule has 1 aromatic heterocycles. The first kappa shape index (κ1) is 17.7. The van der Waals surface area contributed by atoms with E-state index >= 15 is 0 Å². The van der Waals surface area contributed by atoms with E-state index in [9.17, 15) is 13.2 Å². The number of benzene rings is 1. The van der Waals surface area contributed by atoms with Gasteiger partial charge in [0.2, 0.25) is 15.5 Å². The van der Waals surface area contributed by atoms with Crippen LogP contribution >= 0.6 is 0 Å². The molecule has 2 aromatic rings. The molecular formula is C19H24N2O4S. The van der Waals surface area contributed by atoms with E-state index in [1.807, 2.05) is 23.6 Å². The molecule has 0 radical (unpaired) electrons.